The Labute approximate surface area is 181 Å². The monoisotopic (exact) mass is 446 g/mol. The summed E-state index contributed by atoms with van der Waals surface area (Å²) in [6, 6.07) is 12.1. The minimum absolute atomic E-state index is 0.0201. The molecule has 0 aromatic heterocycles. The zero-order valence-electron chi connectivity index (χ0n) is 15.5. The van der Waals surface area contributed by atoms with Gasteiger partial charge in [-0.25, -0.2) is 0 Å². The van der Waals surface area contributed by atoms with Crippen molar-refractivity contribution in [1.29, 1.82) is 0 Å². The molecule has 2 aliphatic heterocycles. The normalized spacial score (nSPS) is 19.7. The number of nitrogens with zero attached hydrogens (tertiary/aromatic N) is 1. The van der Waals surface area contributed by atoms with Crippen molar-refractivity contribution in [3.05, 3.63) is 63.6 Å². The zero-order valence-corrected chi connectivity index (χ0v) is 17.0. The molecule has 0 aliphatic carbocycles. The summed E-state index contributed by atoms with van der Waals surface area (Å²) in [6.07, 6.45) is 1.31. The lowest BCUT2D eigenvalue weighted by molar-refractivity contribution is -0.152. The van der Waals surface area contributed by atoms with E-state index in [1.54, 1.807) is 6.07 Å². The number of fused-ring (bicyclic) bond motifs is 1. The van der Waals surface area contributed by atoms with Crippen LogP contribution in [-0.2, 0) is 14.4 Å². The molecule has 0 unspecified atom stereocenters. The SMILES string of the molecule is O=C(O)C[C@]1(C(=O)Nc2ccc(Cl)cc2Cl)CC(C2=Cc3ccccc3OC2)=NO1. The topological polar surface area (TPSA) is 97.2 Å². The zero-order chi connectivity index (χ0) is 21.3. The lowest BCUT2D eigenvalue weighted by atomic mass is 9.89. The number of rotatable bonds is 5. The lowest BCUT2D eigenvalue weighted by Gasteiger charge is -2.24. The van der Waals surface area contributed by atoms with Crippen LogP contribution in [0.5, 0.6) is 5.75 Å². The fourth-order valence-corrected chi connectivity index (χ4v) is 3.76. The van der Waals surface area contributed by atoms with E-state index in [0.717, 1.165) is 16.9 Å². The summed E-state index contributed by atoms with van der Waals surface area (Å²) in [5.74, 6) is -1.11. The number of ether oxygens (including phenoxy) is 1. The Bertz CT molecular complexity index is 1100. The van der Waals surface area contributed by atoms with Gasteiger partial charge in [-0.1, -0.05) is 46.6 Å². The quantitative estimate of drug-likeness (QED) is 0.709. The first-order chi connectivity index (χ1) is 14.4. The first-order valence-corrected chi connectivity index (χ1v) is 9.78. The molecule has 0 bridgehead atoms. The van der Waals surface area contributed by atoms with E-state index in [2.05, 4.69) is 10.5 Å². The maximum Gasteiger partial charge on any atom is 0.308 e. The van der Waals surface area contributed by atoms with Gasteiger partial charge in [-0.15, -0.1) is 0 Å². The second kappa shape index (κ2) is 8.01. The number of aliphatic carboxylic acids is 1. The van der Waals surface area contributed by atoms with Gasteiger partial charge in [0, 0.05) is 22.6 Å². The number of carboxylic acids is 1. The summed E-state index contributed by atoms with van der Waals surface area (Å²) >= 11 is 12.0. The van der Waals surface area contributed by atoms with Crippen molar-refractivity contribution in [2.45, 2.75) is 18.4 Å². The van der Waals surface area contributed by atoms with Crippen LogP contribution >= 0.6 is 23.2 Å². The minimum Gasteiger partial charge on any atom is -0.488 e. The van der Waals surface area contributed by atoms with Gasteiger partial charge >= 0.3 is 5.97 Å². The standard InChI is InChI=1S/C21H16Cl2N2O5/c22-14-5-6-16(15(23)8-14)24-20(28)21(10-19(26)27)9-17(25-30-21)13-7-12-3-1-2-4-18(12)29-11-13/h1-8H,9-11H2,(H,24,28)(H,26,27)/t21-/m0/s1. The summed E-state index contributed by atoms with van der Waals surface area (Å²) in [5.41, 5.74) is 0.639. The van der Waals surface area contributed by atoms with Crippen molar-refractivity contribution in [1.82, 2.24) is 0 Å². The van der Waals surface area contributed by atoms with Crippen LogP contribution in [0.25, 0.3) is 6.08 Å². The molecule has 30 heavy (non-hydrogen) atoms. The molecule has 0 spiro atoms. The molecule has 2 heterocycles. The highest BCUT2D eigenvalue weighted by Crippen LogP contribution is 2.35. The number of anilines is 1. The second-order valence-electron chi connectivity index (χ2n) is 6.95. The van der Waals surface area contributed by atoms with Gasteiger partial charge in [0.2, 0.25) is 5.60 Å². The third-order valence-electron chi connectivity index (χ3n) is 4.82. The third-order valence-corrected chi connectivity index (χ3v) is 5.36. The first kappa shape index (κ1) is 20.3. The van der Waals surface area contributed by atoms with E-state index >= 15 is 0 Å². The summed E-state index contributed by atoms with van der Waals surface area (Å²) in [6.45, 7) is 0.243. The van der Waals surface area contributed by atoms with E-state index in [-0.39, 0.29) is 18.1 Å². The Balaban J connectivity index is 1.58. The molecule has 2 aromatic rings. The van der Waals surface area contributed by atoms with Crippen LogP contribution in [0.3, 0.4) is 0 Å². The summed E-state index contributed by atoms with van der Waals surface area (Å²) < 4.78 is 5.73. The smallest absolute Gasteiger partial charge is 0.308 e. The van der Waals surface area contributed by atoms with Gasteiger partial charge in [0.1, 0.15) is 12.4 Å². The number of para-hydroxylation sites is 1. The lowest BCUT2D eigenvalue weighted by Crippen LogP contribution is -2.45. The highest BCUT2D eigenvalue weighted by Gasteiger charge is 2.49. The highest BCUT2D eigenvalue weighted by atomic mass is 35.5. The molecule has 0 fully saturated rings. The summed E-state index contributed by atoms with van der Waals surface area (Å²) in [5, 5.41) is 16.7. The molecule has 0 radical (unpaired) electrons. The van der Waals surface area contributed by atoms with Crippen LogP contribution in [0.15, 0.2) is 53.2 Å². The average molecular weight is 447 g/mol. The Morgan fingerprint density at radius 1 is 1.20 bits per heavy atom. The molecule has 9 heteroatoms. The van der Waals surface area contributed by atoms with Gasteiger partial charge in [0.05, 0.1) is 22.8 Å². The Kier molecular flexibility index (Phi) is 5.40. The van der Waals surface area contributed by atoms with Crippen molar-refractivity contribution in [3.8, 4) is 5.75 Å². The van der Waals surface area contributed by atoms with Gasteiger partial charge in [-0.2, -0.15) is 0 Å². The molecule has 1 amide bonds. The first-order valence-electron chi connectivity index (χ1n) is 9.02. The molecule has 4 rings (SSSR count). The van der Waals surface area contributed by atoms with Crippen LogP contribution in [0.2, 0.25) is 10.0 Å². The average Bonchev–Trinajstić information content (AvgIpc) is 3.14. The van der Waals surface area contributed by atoms with Crippen LogP contribution in [0, 0.1) is 0 Å². The molecule has 0 saturated carbocycles. The van der Waals surface area contributed by atoms with E-state index in [1.165, 1.54) is 12.1 Å². The van der Waals surface area contributed by atoms with Crippen LogP contribution in [0.1, 0.15) is 18.4 Å². The van der Waals surface area contributed by atoms with Crippen LogP contribution in [0.4, 0.5) is 5.69 Å². The number of halogens is 2. The summed E-state index contributed by atoms with van der Waals surface area (Å²) in [4.78, 5) is 29.9. The number of oxime groups is 1. The molecule has 1 atom stereocenters. The van der Waals surface area contributed by atoms with E-state index in [1.807, 2.05) is 30.3 Å². The fraction of sp³-hybridized carbons (Fsp3) is 0.190. The maximum atomic E-state index is 13.0. The molecular weight excluding hydrogens is 431 g/mol. The van der Waals surface area contributed by atoms with E-state index in [9.17, 15) is 14.7 Å². The number of carboxylic acid groups (broad SMARTS) is 1. The van der Waals surface area contributed by atoms with E-state index < -0.39 is 23.9 Å². The van der Waals surface area contributed by atoms with Crippen molar-refractivity contribution in [3.63, 3.8) is 0 Å². The van der Waals surface area contributed by atoms with Crippen molar-refractivity contribution in [2.75, 3.05) is 11.9 Å². The molecule has 7 nitrogen and oxygen atoms in total. The number of hydrogen-bond acceptors (Lipinski definition) is 5. The third kappa shape index (κ3) is 3.99. The van der Waals surface area contributed by atoms with Crippen molar-refractivity contribution < 1.29 is 24.3 Å². The molecule has 0 saturated heterocycles. The Hall–Kier alpha value is -3.03. The Morgan fingerprint density at radius 2 is 2.00 bits per heavy atom. The molecular formula is C21H16Cl2N2O5. The molecule has 2 N–H and O–H groups in total. The molecule has 2 aliphatic rings. The molecule has 154 valence electrons. The van der Waals surface area contributed by atoms with E-state index in [4.69, 9.17) is 32.8 Å². The predicted molar refractivity (Wildman–Crippen MR) is 113 cm³/mol. The van der Waals surface area contributed by atoms with Gasteiger partial charge in [0.15, 0.2) is 0 Å². The predicted octanol–water partition coefficient (Wildman–Crippen LogP) is 4.40. The number of carbonyl (C=O) groups is 2. The van der Waals surface area contributed by atoms with Crippen LogP contribution < -0.4 is 10.1 Å². The summed E-state index contributed by atoms with van der Waals surface area (Å²) in [7, 11) is 0. The molecule has 2 aromatic carbocycles. The van der Waals surface area contributed by atoms with Gasteiger partial charge in [-0.3, -0.25) is 9.59 Å². The second-order valence-corrected chi connectivity index (χ2v) is 7.79. The van der Waals surface area contributed by atoms with Gasteiger partial charge in [0.25, 0.3) is 5.91 Å². The maximum absolute atomic E-state index is 13.0. The van der Waals surface area contributed by atoms with Gasteiger partial charge in [-0.05, 0) is 30.3 Å². The largest absolute Gasteiger partial charge is 0.488 e. The van der Waals surface area contributed by atoms with Crippen LogP contribution in [-0.4, -0.2) is 34.9 Å². The number of nitrogens with one attached hydrogen (secondary N) is 1. The van der Waals surface area contributed by atoms with Crippen molar-refractivity contribution in [2.24, 2.45) is 5.16 Å². The van der Waals surface area contributed by atoms with Gasteiger partial charge < -0.3 is 20.0 Å². The van der Waals surface area contributed by atoms with E-state index in [0.29, 0.717) is 16.4 Å². The minimum atomic E-state index is -1.71. The van der Waals surface area contributed by atoms with Crippen molar-refractivity contribution >= 4 is 52.6 Å². The number of benzene rings is 2. The number of carbonyl (C=O) groups excluding carboxylic acids is 1. The highest BCUT2D eigenvalue weighted by molar-refractivity contribution is 6.36. The Morgan fingerprint density at radius 3 is 2.77 bits per heavy atom. The fourth-order valence-electron chi connectivity index (χ4n) is 3.30. The number of amides is 1. The number of hydrogen-bond donors (Lipinski definition) is 2.